The van der Waals surface area contributed by atoms with Gasteiger partial charge in [0.05, 0.1) is 25.5 Å². The van der Waals surface area contributed by atoms with Gasteiger partial charge in [0.25, 0.3) is 0 Å². The highest BCUT2D eigenvalue weighted by atomic mass is 32.2. The smallest absolute Gasteiger partial charge is 0.496 e. The summed E-state index contributed by atoms with van der Waals surface area (Å²) in [7, 11) is 3.00. The molecule has 1 saturated heterocycles. The van der Waals surface area contributed by atoms with Gasteiger partial charge in [-0.1, -0.05) is 12.1 Å². The van der Waals surface area contributed by atoms with Crippen molar-refractivity contribution in [3.05, 3.63) is 47.7 Å². The Hall–Kier alpha value is -2.62. The molecule has 0 radical (unpaired) electrons. The Kier molecular flexibility index (Phi) is 5.87. The van der Waals surface area contributed by atoms with Crippen LogP contribution in [0.2, 0.25) is 0 Å². The van der Waals surface area contributed by atoms with Gasteiger partial charge in [-0.25, -0.2) is 4.98 Å². The van der Waals surface area contributed by atoms with E-state index in [9.17, 15) is 18.0 Å². The standard InChI is InChI=1S/C18H17F3N2O4S/c1-25-13-7-8-22-16(26-2)15(13)17-23(14(24)10-28-17)9-11-3-5-12(6-4-11)27-18(19,20)21/h3-8,17H,9-10H2,1-2H3. The largest absolute Gasteiger partial charge is 0.573 e. The second kappa shape index (κ2) is 8.17. The molecule has 10 heteroatoms. The first-order chi connectivity index (χ1) is 13.3. The van der Waals surface area contributed by atoms with E-state index in [1.54, 1.807) is 17.2 Å². The minimum Gasteiger partial charge on any atom is -0.496 e. The van der Waals surface area contributed by atoms with E-state index in [0.29, 0.717) is 22.8 Å². The van der Waals surface area contributed by atoms with E-state index in [-0.39, 0.29) is 24.0 Å². The number of benzene rings is 1. The molecular weight excluding hydrogens is 397 g/mol. The summed E-state index contributed by atoms with van der Waals surface area (Å²) in [6.45, 7) is 0.212. The Balaban J connectivity index is 1.84. The van der Waals surface area contributed by atoms with E-state index in [1.165, 1.54) is 50.2 Å². The lowest BCUT2D eigenvalue weighted by atomic mass is 10.1. The van der Waals surface area contributed by atoms with E-state index in [0.717, 1.165) is 0 Å². The van der Waals surface area contributed by atoms with Crippen LogP contribution >= 0.6 is 11.8 Å². The monoisotopic (exact) mass is 414 g/mol. The molecule has 1 aromatic heterocycles. The fourth-order valence-corrected chi connectivity index (χ4v) is 4.08. The molecule has 0 aliphatic carbocycles. The zero-order valence-corrected chi connectivity index (χ0v) is 15.8. The van der Waals surface area contributed by atoms with E-state index >= 15 is 0 Å². The zero-order valence-electron chi connectivity index (χ0n) is 15.0. The van der Waals surface area contributed by atoms with E-state index in [2.05, 4.69) is 9.72 Å². The maximum absolute atomic E-state index is 12.4. The average Bonchev–Trinajstić information content (AvgIpc) is 3.01. The third-order valence-electron chi connectivity index (χ3n) is 4.05. The highest BCUT2D eigenvalue weighted by molar-refractivity contribution is 8.00. The van der Waals surface area contributed by atoms with Crippen LogP contribution in [-0.4, -0.2) is 42.1 Å². The van der Waals surface area contributed by atoms with Gasteiger partial charge in [-0.3, -0.25) is 4.79 Å². The van der Waals surface area contributed by atoms with Crippen LogP contribution in [0.5, 0.6) is 17.4 Å². The summed E-state index contributed by atoms with van der Waals surface area (Å²) in [6.07, 6.45) is -3.20. The molecule has 6 nitrogen and oxygen atoms in total. The molecule has 28 heavy (non-hydrogen) atoms. The van der Waals surface area contributed by atoms with Crippen molar-refractivity contribution in [3.8, 4) is 17.4 Å². The van der Waals surface area contributed by atoms with Gasteiger partial charge in [-0.15, -0.1) is 24.9 Å². The first-order valence-electron chi connectivity index (χ1n) is 8.15. The molecule has 0 saturated carbocycles. The van der Waals surface area contributed by atoms with Crippen LogP contribution in [-0.2, 0) is 11.3 Å². The predicted octanol–water partition coefficient (Wildman–Crippen LogP) is 3.77. The summed E-state index contributed by atoms with van der Waals surface area (Å²) in [6, 6.07) is 7.11. The molecule has 1 atom stereocenters. The molecule has 2 aromatic rings. The predicted molar refractivity (Wildman–Crippen MR) is 96.2 cm³/mol. The van der Waals surface area contributed by atoms with E-state index < -0.39 is 11.7 Å². The van der Waals surface area contributed by atoms with Crippen molar-refractivity contribution >= 4 is 17.7 Å². The lowest BCUT2D eigenvalue weighted by Crippen LogP contribution is -2.28. The number of ether oxygens (including phenoxy) is 3. The minimum absolute atomic E-state index is 0.0985. The molecule has 1 fully saturated rings. The normalized spacial score (nSPS) is 17.0. The van der Waals surface area contributed by atoms with Crippen molar-refractivity contribution in [2.75, 3.05) is 20.0 Å². The fourth-order valence-electron chi connectivity index (χ4n) is 2.86. The number of nitrogens with zero attached hydrogens (tertiary/aromatic N) is 2. The molecule has 1 aromatic carbocycles. The number of carbonyl (C=O) groups excluding carboxylic acids is 1. The Morgan fingerprint density at radius 2 is 1.89 bits per heavy atom. The third kappa shape index (κ3) is 4.44. The van der Waals surface area contributed by atoms with Crippen LogP contribution in [0, 0.1) is 0 Å². The quantitative estimate of drug-likeness (QED) is 0.717. The molecule has 3 rings (SSSR count). The van der Waals surface area contributed by atoms with Crippen LogP contribution in [0.4, 0.5) is 13.2 Å². The van der Waals surface area contributed by atoms with Crippen molar-refractivity contribution in [3.63, 3.8) is 0 Å². The molecule has 2 heterocycles. The molecular formula is C18H17F3N2O4S. The van der Waals surface area contributed by atoms with Crippen molar-refractivity contribution in [1.29, 1.82) is 0 Å². The number of thioether (sulfide) groups is 1. The maximum atomic E-state index is 12.4. The third-order valence-corrected chi connectivity index (χ3v) is 5.27. The average molecular weight is 414 g/mol. The molecule has 1 aliphatic heterocycles. The number of aromatic nitrogens is 1. The number of amides is 1. The molecule has 0 N–H and O–H groups in total. The Morgan fingerprint density at radius 3 is 2.50 bits per heavy atom. The molecule has 0 spiro atoms. The zero-order chi connectivity index (χ0) is 20.3. The number of hydrogen-bond acceptors (Lipinski definition) is 6. The minimum atomic E-state index is -4.75. The number of halogens is 3. The second-order valence-electron chi connectivity index (χ2n) is 5.81. The van der Waals surface area contributed by atoms with Gasteiger partial charge in [0.15, 0.2) is 0 Å². The maximum Gasteiger partial charge on any atom is 0.573 e. The summed E-state index contributed by atoms with van der Waals surface area (Å²) >= 11 is 1.40. The number of pyridine rings is 1. The summed E-state index contributed by atoms with van der Waals surface area (Å²) in [5.41, 5.74) is 1.30. The van der Waals surface area contributed by atoms with E-state index in [4.69, 9.17) is 9.47 Å². The Morgan fingerprint density at radius 1 is 1.18 bits per heavy atom. The van der Waals surface area contributed by atoms with Crippen LogP contribution < -0.4 is 14.2 Å². The highest BCUT2D eigenvalue weighted by Crippen LogP contribution is 2.46. The number of rotatable bonds is 6. The van der Waals surface area contributed by atoms with Gasteiger partial charge in [0, 0.05) is 12.7 Å². The summed E-state index contributed by atoms with van der Waals surface area (Å²) in [4.78, 5) is 18.2. The number of hydrogen-bond donors (Lipinski definition) is 0. The van der Waals surface area contributed by atoms with Gasteiger partial charge in [0.1, 0.15) is 16.9 Å². The van der Waals surface area contributed by atoms with E-state index in [1.807, 2.05) is 0 Å². The van der Waals surface area contributed by atoms with Crippen molar-refractivity contribution < 1.29 is 32.2 Å². The number of methoxy groups -OCH3 is 2. The fraction of sp³-hybridized carbons (Fsp3) is 0.333. The lowest BCUT2D eigenvalue weighted by molar-refractivity contribution is -0.274. The molecule has 1 unspecified atom stereocenters. The van der Waals surface area contributed by atoms with Gasteiger partial charge in [-0.2, -0.15) is 0 Å². The topological polar surface area (TPSA) is 60.9 Å². The van der Waals surface area contributed by atoms with Gasteiger partial charge >= 0.3 is 6.36 Å². The molecule has 0 bridgehead atoms. The van der Waals surface area contributed by atoms with Crippen LogP contribution in [0.3, 0.4) is 0 Å². The first-order valence-corrected chi connectivity index (χ1v) is 9.20. The van der Waals surface area contributed by atoms with Gasteiger partial charge in [0.2, 0.25) is 11.8 Å². The number of alkyl halides is 3. The highest BCUT2D eigenvalue weighted by Gasteiger charge is 2.37. The Bertz CT molecular complexity index is 823. The van der Waals surface area contributed by atoms with Crippen LogP contribution in [0.15, 0.2) is 36.5 Å². The number of carbonyl (C=O) groups is 1. The summed E-state index contributed by atoms with van der Waals surface area (Å²) in [5, 5.41) is -0.391. The van der Waals surface area contributed by atoms with Crippen LogP contribution in [0.25, 0.3) is 0 Å². The SMILES string of the molecule is COc1ccnc(OC)c1C1SCC(=O)N1Cc1ccc(OC(F)(F)F)cc1. The lowest BCUT2D eigenvalue weighted by Gasteiger charge is -2.26. The molecule has 1 aliphatic rings. The summed E-state index contributed by atoms with van der Waals surface area (Å²) in [5.74, 6) is 0.744. The van der Waals surface area contributed by atoms with Gasteiger partial charge < -0.3 is 19.1 Å². The van der Waals surface area contributed by atoms with Crippen molar-refractivity contribution in [2.24, 2.45) is 0 Å². The van der Waals surface area contributed by atoms with Crippen molar-refractivity contribution in [2.45, 2.75) is 18.3 Å². The van der Waals surface area contributed by atoms with Gasteiger partial charge in [-0.05, 0) is 23.8 Å². The Labute approximate surface area is 163 Å². The first kappa shape index (κ1) is 20.1. The second-order valence-corrected chi connectivity index (χ2v) is 6.88. The van der Waals surface area contributed by atoms with Crippen molar-refractivity contribution in [1.82, 2.24) is 9.88 Å². The molecule has 150 valence electrons. The molecule has 1 amide bonds. The summed E-state index contributed by atoms with van der Waals surface area (Å²) < 4.78 is 51.5. The van der Waals surface area contributed by atoms with Crippen LogP contribution in [0.1, 0.15) is 16.5 Å².